The summed E-state index contributed by atoms with van der Waals surface area (Å²) < 4.78 is 1.75. The van der Waals surface area contributed by atoms with Crippen LogP contribution in [-0.2, 0) is 16.1 Å². The van der Waals surface area contributed by atoms with Crippen LogP contribution in [0.1, 0.15) is 252 Å². The predicted molar refractivity (Wildman–Crippen MR) is 495 cm³/mol. The number of ketones is 2. The average Bonchev–Trinajstić information content (AvgIpc) is 1.64. The van der Waals surface area contributed by atoms with E-state index in [1.807, 2.05) is 19.9 Å². The van der Waals surface area contributed by atoms with Gasteiger partial charge in [-0.25, -0.2) is 0 Å². The van der Waals surface area contributed by atoms with Gasteiger partial charge in [0.15, 0.2) is 0 Å². The third-order valence-corrected chi connectivity index (χ3v) is 29.3. The molecule has 6 N–H and O–H groups in total. The molecule has 0 aliphatic heterocycles. The van der Waals surface area contributed by atoms with E-state index < -0.39 is 22.9 Å². The standard InChI is InChI=1S/C26H39N3O2.C22H35BrO2.C22H36O2.C4H3N3.3CH3I3.CH4O/c1-25(31)10-8-19-18(12-25)4-3-5-21-20(19)9-11-26(2)22(21)6-7-23(26)24(30)16-29-15-17(13-27)14-28-29;1-21(25)10-8-15-14(12-21)4-3-5-17-16(15)9-11-22(2)18(17)6-7-19(22)20(24)13-23;1-14(23)19-7-8-20-18-6-4-5-15-13-21(2,24)11-9-16(15)17(18)10-12-22(19,20)3;5-1-4-2-6-7-3-4;3*1-4(2)3;1-2/h14-15,18-24,30-31H,3-12,16H2,1-2H3;14-19,25H,3-13H2,1-2H3;15-20,24H,4-13H2,1-3H3;2-3H,(H,6,7);3*1H3;2H,1H3/t18-,19-,20+,21+,22-,23+,24?,25+,26-;14-,15-,16+,17+,18-,19+,21+,22-;15-,16-,17+,18+,19+,20-,21+,22+;;;;;/m000...../s1. The molecule has 0 bridgehead atoms. The van der Waals surface area contributed by atoms with Crippen LogP contribution in [0.4, 0.5) is 0 Å². The first-order valence-corrected chi connectivity index (χ1v) is 83.4. The number of fused-ring (bicyclic) bond motifs is 15. The Balaban J connectivity index is 0.000000187. The topological polar surface area (TPSA) is 229 Å². The number of nitriles is 2. The van der Waals surface area contributed by atoms with E-state index in [9.17, 15) is 30.0 Å². The minimum Gasteiger partial charge on any atom is -0.400 e. The van der Waals surface area contributed by atoms with Gasteiger partial charge in [0.1, 0.15) is 23.7 Å². The van der Waals surface area contributed by atoms with E-state index >= 15 is 0 Å². The molecule has 13 nitrogen and oxygen atoms in total. The SMILES string of the molecule is CC(=O)[C@H]1CC[C@H]2[C@@H]3CCC[C@H]4C[C@](C)(O)CC[C@@H]4[C@H]3CC[C@]12C.CI(I)I.CI(I)I.CI(I)I.CO.C[C@@]1(O)CC[C@H]2[C@@H](CCC[C@@H]3[C@@H]2CC[C@]2(C)[C@@H](C(=O)CBr)CC[C@@H]32)C1.C[C@@]1(O)CC[C@H]2[C@@H](CCC[C@@H]3[C@@H]2CC[C@]2(C)[C@@H](C(O)Cn4cc(C#N)cn4)CC[C@@H]32)C1.N#Cc1cn[nH]c1. The number of rotatable bonds is 6. The number of H-pyrrole nitrogens is 1. The Kier molecular flexibility index (Phi) is 37.9. The Hall–Kier alpha value is 3.59. The summed E-state index contributed by atoms with van der Waals surface area (Å²) in [6, 6.07) is 4.04. The van der Waals surface area contributed by atoms with Gasteiger partial charge in [0.2, 0.25) is 0 Å². The number of aromatic amines is 1. The van der Waals surface area contributed by atoms with Crippen LogP contribution in [0.15, 0.2) is 24.8 Å². The van der Waals surface area contributed by atoms with Gasteiger partial charge in [-0.05, 0) is 293 Å². The van der Waals surface area contributed by atoms with E-state index in [1.165, 1.54) is 141 Å². The van der Waals surface area contributed by atoms with Crippen LogP contribution in [0.5, 0.6) is 0 Å². The van der Waals surface area contributed by atoms with E-state index in [1.54, 1.807) is 23.3 Å². The number of carbonyl (C=O) groups excluding carboxylic acids is 2. The third-order valence-electron chi connectivity index (χ3n) is 28.7. The summed E-state index contributed by atoms with van der Waals surface area (Å²) in [6.07, 6.45) is 42.5. The van der Waals surface area contributed by atoms with Crippen molar-refractivity contribution in [2.24, 2.45) is 123 Å². The zero-order valence-electron chi connectivity index (χ0n) is 62.5. The van der Waals surface area contributed by atoms with E-state index in [-0.39, 0.29) is 51.9 Å². The summed E-state index contributed by atoms with van der Waals surface area (Å²) in [7, 11) is 1.00. The number of aliphatic hydroxyl groups excluding tert-OH is 2. The fourth-order valence-corrected chi connectivity index (χ4v) is 25.4. The molecular formula is C78H126BrI9N6O7. The molecule has 0 amide bonds. The molecule has 14 rings (SSSR count). The maximum atomic E-state index is 12.5. The summed E-state index contributed by atoms with van der Waals surface area (Å²) in [6.45, 7) is 15.8. The van der Waals surface area contributed by atoms with Crippen LogP contribution in [0.25, 0.3) is 0 Å². The second kappa shape index (κ2) is 41.8. The van der Waals surface area contributed by atoms with Crippen molar-refractivity contribution in [2.75, 3.05) is 27.2 Å². The molecule has 2 aromatic heterocycles. The smallest absolute Gasteiger partial charge is 0.147 e. The Morgan fingerprint density at radius 1 is 0.545 bits per heavy atom. The van der Waals surface area contributed by atoms with Crippen LogP contribution >= 0.6 is 163 Å². The minimum atomic E-state index is -0.454. The van der Waals surface area contributed by atoms with Crippen LogP contribution in [-0.4, -0.2) is 107 Å². The van der Waals surface area contributed by atoms with Crippen molar-refractivity contribution in [1.82, 2.24) is 20.0 Å². The third kappa shape index (κ3) is 24.3. The van der Waals surface area contributed by atoms with Crippen molar-refractivity contribution in [2.45, 2.75) is 271 Å². The normalized spacial score (nSPS) is 41.9. The average molecular weight is 2480 g/mol. The van der Waals surface area contributed by atoms with Gasteiger partial charge in [-0.2, -0.15) is 20.7 Å². The van der Waals surface area contributed by atoms with Gasteiger partial charge in [-0.3, -0.25) is 19.4 Å². The molecule has 23 heteroatoms. The predicted octanol–water partition coefficient (Wildman–Crippen LogP) is 23.2. The van der Waals surface area contributed by atoms with Crippen molar-refractivity contribution in [3.05, 3.63) is 35.9 Å². The molecule has 12 fully saturated rings. The molecule has 12 aliphatic rings. The fourth-order valence-electron chi connectivity index (χ4n) is 25.0. The Morgan fingerprint density at radius 2 is 0.911 bits per heavy atom. The van der Waals surface area contributed by atoms with Crippen molar-refractivity contribution in [1.29, 1.82) is 10.5 Å². The number of nitrogens with zero attached hydrogens (tertiary/aromatic N) is 5. The summed E-state index contributed by atoms with van der Waals surface area (Å²) in [4.78, 5) is 31.6. The van der Waals surface area contributed by atoms with Crippen LogP contribution in [0, 0.1) is 145 Å². The van der Waals surface area contributed by atoms with Crippen molar-refractivity contribution in [3.8, 4) is 12.1 Å². The van der Waals surface area contributed by atoms with Crippen LogP contribution < -0.4 is 0 Å². The molecule has 0 spiro atoms. The summed E-state index contributed by atoms with van der Waals surface area (Å²) in [5, 5.41) is 78.0. The monoisotopic (exact) mass is 2480 g/mol. The van der Waals surface area contributed by atoms with Crippen LogP contribution in [0.2, 0.25) is 0 Å². The summed E-state index contributed by atoms with van der Waals surface area (Å²) in [5.74, 6) is 13.8. The number of nitrogens with one attached hydrogen (secondary N) is 1. The van der Waals surface area contributed by atoms with Gasteiger partial charge in [-0.1, -0.05) is 75.2 Å². The van der Waals surface area contributed by atoms with Crippen LogP contribution in [0.3, 0.4) is 0 Å². The maximum absolute atomic E-state index is 12.5. The Morgan fingerprint density at radius 3 is 1.27 bits per heavy atom. The first kappa shape index (κ1) is 91.8. The Bertz CT molecular complexity index is 2950. The second-order valence-corrected chi connectivity index (χ2v) is 122. The van der Waals surface area contributed by atoms with E-state index in [0.717, 1.165) is 148 Å². The molecule has 0 saturated heterocycles. The minimum absolute atomic E-state index is 0.214. The molecule has 12 aliphatic carbocycles. The zero-order chi connectivity index (χ0) is 74.6. The quantitative estimate of drug-likeness (QED) is 0.118. The number of alkyl halides is 4. The van der Waals surface area contributed by atoms with Crippen molar-refractivity contribution >= 4 is 175 Å². The number of carbonyl (C=O) groups is 2. The van der Waals surface area contributed by atoms with Crippen molar-refractivity contribution in [3.63, 3.8) is 0 Å². The maximum Gasteiger partial charge on any atom is 0.147 e. The molecule has 12 saturated carbocycles. The van der Waals surface area contributed by atoms with Crippen molar-refractivity contribution < 1.29 is 35.1 Å². The number of halogens is 10. The molecule has 0 aromatic carbocycles. The number of Topliss-reactive ketones (excluding diaryl/α,β-unsaturated/α-hetero) is 2. The Labute approximate surface area is 698 Å². The van der Waals surface area contributed by atoms with Gasteiger partial charge in [0.05, 0.1) is 58.3 Å². The first-order valence-electron chi connectivity index (χ1n) is 38.1. The van der Waals surface area contributed by atoms with E-state index in [4.69, 9.17) is 15.6 Å². The fraction of sp³-hybridized carbons (Fsp3) is 0.872. The van der Waals surface area contributed by atoms with Gasteiger partial charge in [0.25, 0.3) is 0 Å². The van der Waals surface area contributed by atoms with E-state index in [2.05, 4.69) is 198 Å². The summed E-state index contributed by atoms with van der Waals surface area (Å²) >= 11 is 17.4. The molecule has 101 heavy (non-hydrogen) atoms. The molecular weight excluding hydrogens is 2350 g/mol. The zero-order valence-corrected chi connectivity index (χ0v) is 83.5. The molecule has 1 unspecified atom stereocenters. The van der Waals surface area contributed by atoms with Gasteiger partial charge in [0, 0.05) is 31.3 Å². The van der Waals surface area contributed by atoms with Gasteiger partial charge < -0.3 is 25.5 Å². The number of hydrogen-bond donors (Lipinski definition) is 6. The van der Waals surface area contributed by atoms with E-state index in [0.29, 0.717) is 58.2 Å². The summed E-state index contributed by atoms with van der Waals surface area (Å²) in [5.41, 5.74) is 0.584. The number of aromatic nitrogens is 4. The largest absolute Gasteiger partial charge is 0.400 e. The second-order valence-electron chi connectivity index (χ2n) is 34.6. The number of aliphatic hydroxyl groups is 5. The van der Waals surface area contributed by atoms with Gasteiger partial charge >= 0.3 is 162 Å². The molecule has 0 radical (unpaired) electrons. The molecule has 2 heterocycles. The first-order chi connectivity index (χ1) is 47.6. The number of hydrogen-bond acceptors (Lipinski definition) is 11. The molecule has 2 aromatic rings. The molecule has 580 valence electrons. The molecule has 25 atom stereocenters. The van der Waals surface area contributed by atoms with Gasteiger partial charge in [-0.15, -0.1) is 0 Å².